The lowest BCUT2D eigenvalue weighted by Crippen LogP contribution is -2.52. The molecule has 3 heteroatoms. The molecule has 18 heavy (non-hydrogen) atoms. The number of hydrogen-bond donors (Lipinski definition) is 2. The zero-order valence-electron chi connectivity index (χ0n) is 11.5. The summed E-state index contributed by atoms with van der Waals surface area (Å²) in [5.74, 6) is 0. The van der Waals surface area contributed by atoms with Gasteiger partial charge in [-0.05, 0) is 24.0 Å². The smallest absolute Gasteiger partial charge is 0.0574 e. The standard InChI is InChI=1S/C15H24N2O/c1-3-12-6-5-7-13(4-2)14(12)17-9-15(8-16)10-18-11-15/h5-7,17H,3-4,8-11,16H2,1-2H3. The van der Waals surface area contributed by atoms with Crippen LogP contribution in [0.5, 0.6) is 0 Å². The molecule has 0 unspecified atom stereocenters. The van der Waals surface area contributed by atoms with Gasteiger partial charge in [0.05, 0.1) is 13.2 Å². The Labute approximate surface area is 110 Å². The molecule has 1 aromatic carbocycles. The molecule has 1 aromatic rings. The molecule has 0 spiro atoms. The van der Waals surface area contributed by atoms with E-state index in [1.54, 1.807) is 0 Å². The molecule has 3 nitrogen and oxygen atoms in total. The highest BCUT2D eigenvalue weighted by Gasteiger charge is 2.37. The summed E-state index contributed by atoms with van der Waals surface area (Å²) in [7, 11) is 0. The molecule has 0 bridgehead atoms. The Balaban J connectivity index is 2.12. The molecule has 0 amide bonds. The predicted molar refractivity (Wildman–Crippen MR) is 76.0 cm³/mol. The molecule has 2 rings (SSSR count). The van der Waals surface area contributed by atoms with Crippen molar-refractivity contribution in [3.63, 3.8) is 0 Å². The minimum absolute atomic E-state index is 0.145. The van der Waals surface area contributed by atoms with Crippen LogP contribution in [0.2, 0.25) is 0 Å². The van der Waals surface area contributed by atoms with Crippen LogP contribution < -0.4 is 11.1 Å². The van der Waals surface area contributed by atoms with Gasteiger partial charge in [0, 0.05) is 24.2 Å². The molecule has 1 fully saturated rings. The largest absolute Gasteiger partial charge is 0.384 e. The van der Waals surface area contributed by atoms with E-state index in [-0.39, 0.29) is 5.41 Å². The second kappa shape index (κ2) is 5.72. The summed E-state index contributed by atoms with van der Waals surface area (Å²) in [6.07, 6.45) is 2.12. The van der Waals surface area contributed by atoms with Crippen LogP contribution in [0.25, 0.3) is 0 Å². The van der Waals surface area contributed by atoms with Gasteiger partial charge in [-0.3, -0.25) is 0 Å². The number of benzene rings is 1. The van der Waals surface area contributed by atoms with Crippen LogP contribution in [0.15, 0.2) is 18.2 Å². The highest BCUT2D eigenvalue weighted by Crippen LogP contribution is 2.29. The van der Waals surface area contributed by atoms with Crippen LogP contribution in [-0.4, -0.2) is 26.3 Å². The van der Waals surface area contributed by atoms with Gasteiger partial charge in [0.2, 0.25) is 0 Å². The van der Waals surface area contributed by atoms with Gasteiger partial charge >= 0.3 is 0 Å². The number of anilines is 1. The molecule has 1 aliphatic heterocycles. The highest BCUT2D eigenvalue weighted by atomic mass is 16.5. The molecule has 100 valence electrons. The van der Waals surface area contributed by atoms with Gasteiger partial charge in [0.25, 0.3) is 0 Å². The fourth-order valence-corrected chi connectivity index (χ4v) is 2.43. The number of para-hydroxylation sites is 1. The van der Waals surface area contributed by atoms with Crippen LogP contribution in [0, 0.1) is 5.41 Å². The van der Waals surface area contributed by atoms with E-state index in [0.717, 1.165) is 32.6 Å². The van der Waals surface area contributed by atoms with Crippen LogP contribution in [0.4, 0.5) is 5.69 Å². The third-order valence-electron chi connectivity index (χ3n) is 3.89. The van der Waals surface area contributed by atoms with E-state index in [9.17, 15) is 0 Å². The van der Waals surface area contributed by atoms with E-state index < -0.39 is 0 Å². The average molecular weight is 248 g/mol. The summed E-state index contributed by atoms with van der Waals surface area (Å²) in [5, 5.41) is 3.62. The highest BCUT2D eigenvalue weighted by molar-refractivity contribution is 5.58. The summed E-state index contributed by atoms with van der Waals surface area (Å²) >= 11 is 0. The Bertz CT molecular complexity index is 372. The Morgan fingerprint density at radius 3 is 2.22 bits per heavy atom. The quantitative estimate of drug-likeness (QED) is 0.811. The van der Waals surface area contributed by atoms with E-state index in [0.29, 0.717) is 6.54 Å². The molecular formula is C15H24N2O. The molecule has 1 aliphatic rings. The maximum Gasteiger partial charge on any atom is 0.0574 e. The normalized spacial score (nSPS) is 17.3. The predicted octanol–water partition coefficient (Wildman–Crippen LogP) is 2.20. The van der Waals surface area contributed by atoms with Crippen molar-refractivity contribution in [2.24, 2.45) is 11.1 Å². The third-order valence-corrected chi connectivity index (χ3v) is 3.89. The average Bonchev–Trinajstić information content (AvgIpc) is 2.37. The van der Waals surface area contributed by atoms with Gasteiger partial charge in [-0.15, -0.1) is 0 Å². The Kier molecular flexibility index (Phi) is 4.25. The Morgan fingerprint density at radius 2 is 1.83 bits per heavy atom. The minimum Gasteiger partial charge on any atom is -0.384 e. The lowest BCUT2D eigenvalue weighted by molar-refractivity contribution is -0.0979. The van der Waals surface area contributed by atoms with E-state index in [1.807, 2.05) is 0 Å². The third kappa shape index (κ3) is 2.52. The van der Waals surface area contributed by atoms with Gasteiger partial charge in [-0.1, -0.05) is 32.0 Å². The van der Waals surface area contributed by atoms with Gasteiger partial charge in [-0.2, -0.15) is 0 Å². The monoisotopic (exact) mass is 248 g/mol. The lowest BCUT2D eigenvalue weighted by atomic mass is 9.86. The van der Waals surface area contributed by atoms with Crippen molar-refractivity contribution in [3.05, 3.63) is 29.3 Å². The van der Waals surface area contributed by atoms with Gasteiger partial charge in [-0.25, -0.2) is 0 Å². The molecule has 1 saturated heterocycles. The SMILES string of the molecule is CCc1cccc(CC)c1NCC1(CN)COC1. The Hall–Kier alpha value is -1.06. The number of ether oxygens (including phenoxy) is 1. The summed E-state index contributed by atoms with van der Waals surface area (Å²) < 4.78 is 5.31. The molecule has 0 saturated carbocycles. The van der Waals surface area contributed by atoms with E-state index in [1.165, 1.54) is 16.8 Å². The van der Waals surface area contributed by atoms with Crippen molar-refractivity contribution >= 4 is 5.69 Å². The second-order valence-corrected chi connectivity index (χ2v) is 5.21. The summed E-state index contributed by atoms with van der Waals surface area (Å²) in [4.78, 5) is 0. The summed E-state index contributed by atoms with van der Waals surface area (Å²) in [6.45, 7) is 7.57. The topological polar surface area (TPSA) is 47.3 Å². The van der Waals surface area contributed by atoms with Crippen molar-refractivity contribution in [2.45, 2.75) is 26.7 Å². The van der Waals surface area contributed by atoms with Crippen LogP contribution in [0.3, 0.4) is 0 Å². The minimum atomic E-state index is 0.145. The molecule has 1 heterocycles. The molecule has 0 aliphatic carbocycles. The van der Waals surface area contributed by atoms with Crippen molar-refractivity contribution in [2.75, 3.05) is 31.6 Å². The molecular weight excluding hydrogens is 224 g/mol. The first-order valence-corrected chi connectivity index (χ1v) is 6.87. The van der Waals surface area contributed by atoms with Crippen LogP contribution >= 0.6 is 0 Å². The lowest BCUT2D eigenvalue weighted by Gasteiger charge is -2.41. The molecule has 0 aromatic heterocycles. The van der Waals surface area contributed by atoms with Gasteiger partial charge in [0.15, 0.2) is 0 Å². The van der Waals surface area contributed by atoms with Gasteiger partial charge in [0.1, 0.15) is 0 Å². The van der Waals surface area contributed by atoms with E-state index in [4.69, 9.17) is 10.5 Å². The number of nitrogens with two attached hydrogens (primary N) is 1. The molecule has 0 atom stereocenters. The van der Waals surface area contributed by atoms with Crippen molar-refractivity contribution in [1.29, 1.82) is 0 Å². The van der Waals surface area contributed by atoms with Gasteiger partial charge < -0.3 is 15.8 Å². The fourth-order valence-electron chi connectivity index (χ4n) is 2.43. The van der Waals surface area contributed by atoms with Crippen molar-refractivity contribution < 1.29 is 4.74 Å². The number of hydrogen-bond acceptors (Lipinski definition) is 3. The maximum atomic E-state index is 5.85. The summed E-state index contributed by atoms with van der Waals surface area (Å²) in [6, 6.07) is 6.55. The van der Waals surface area contributed by atoms with Crippen LogP contribution in [0.1, 0.15) is 25.0 Å². The number of rotatable bonds is 6. The van der Waals surface area contributed by atoms with Crippen molar-refractivity contribution in [3.8, 4) is 0 Å². The first kappa shape index (κ1) is 13.4. The number of aryl methyl sites for hydroxylation is 2. The second-order valence-electron chi connectivity index (χ2n) is 5.21. The molecule has 3 N–H and O–H groups in total. The number of nitrogens with one attached hydrogen (secondary N) is 1. The fraction of sp³-hybridized carbons (Fsp3) is 0.600. The summed E-state index contributed by atoms with van der Waals surface area (Å²) in [5.41, 5.74) is 10.1. The first-order valence-electron chi connectivity index (χ1n) is 6.87. The van der Waals surface area contributed by atoms with E-state index >= 15 is 0 Å². The van der Waals surface area contributed by atoms with Crippen molar-refractivity contribution in [1.82, 2.24) is 0 Å². The zero-order valence-corrected chi connectivity index (χ0v) is 11.5. The maximum absolute atomic E-state index is 5.85. The zero-order chi connectivity index (χ0) is 13.0. The van der Waals surface area contributed by atoms with E-state index in [2.05, 4.69) is 37.4 Å². The molecule has 0 radical (unpaired) electrons. The van der Waals surface area contributed by atoms with Crippen LogP contribution in [-0.2, 0) is 17.6 Å². The first-order chi connectivity index (χ1) is 8.74. The Morgan fingerprint density at radius 1 is 1.22 bits per heavy atom.